The van der Waals surface area contributed by atoms with Crippen LogP contribution in [0.2, 0.25) is 0 Å². The minimum Gasteiger partial charge on any atom is -0.508 e. The van der Waals surface area contributed by atoms with Crippen molar-refractivity contribution in [3.05, 3.63) is 29.6 Å². The Morgan fingerprint density at radius 1 is 1.50 bits per heavy atom. The molecular weight excluding hydrogens is 181 g/mol. The Morgan fingerprint density at radius 2 is 2.21 bits per heavy atom. The molecule has 0 atom stereocenters. The van der Waals surface area contributed by atoms with E-state index in [1.165, 1.54) is 12.1 Å². The lowest BCUT2D eigenvalue weighted by molar-refractivity contribution is 0.468. The van der Waals surface area contributed by atoms with Gasteiger partial charge in [-0.3, -0.25) is 0 Å². The van der Waals surface area contributed by atoms with E-state index in [-0.39, 0.29) is 5.75 Å². The van der Waals surface area contributed by atoms with Gasteiger partial charge in [0.15, 0.2) is 0 Å². The number of hydrogen-bond donors (Lipinski definition) is 2. The van der Waals surface area contributed by atoms with Gasteiger partial charge in [0, 0.05) is 18.2 Å². The van der Waals surface area contributed by atoms with E-state index in [2.05, 4.69) is 0 Å². The van der Waals surface area contributed by atoms with Gasteiger partial charge in [-0.15, -0.1) is 0 Å². The molecule has 1 aromatic carbocycles. The minimum atomic E-state index is -0.439. The first-order chi connectivity index (χ1) is 6.63. The maximum atomic E-state index is 13.2. The number of benzene rings is 1. The molecule has 0 aliphatic carbocycles. The van der Waals surface area contributed by atoms with Gasteiger partial charge >= 0.3 is 0 Å². The average Bonchev–Trinajstić information content (AvgIpc) is 2.10. The molecule has 3 heteroatoms. The number of aromatic hydroxyl groups is 1. The first kappa shape index (κ1) is 10.7. The summed E-state index contributed by atoms with van der Waals surface area (Å²) in [6, 6.07) is 4.04. The third-order valence-corrected chi connectivity index (χ3v) is 1.99. The molecule has 0 fully saturated rings. The molecule has 0 spiro atoms. The Kier molecular flexibility index (Phi) is 3.63. The monoisotopic (exact) mass is 195 g/mol. The van der Waals surface area contributed by atoms with Gasteiger partial charge in [-0.1, -0.05) is 19.4 Å². The highest BCUT2D eigenvalue weighted by Gasteiger charge is 2.05. The van der Waals surface area contributed by atoms with Crippen molar-refractivity contribution in [3.63, 3.8) is 0 Å². The molecule has 0 aliphatic heterocycles. The number of halogens is 1. The van der Waals surface area contributed by atoms with E-state index in [1.54, 1.807) is 0 Å². The Bertz CT molecular complexity index is 336. The van der Waals surface area contributed by atoms with Crippen LogP contribution in [0.1, 0.15) is 25.3 Å². The van der Waals surface area contributed by atoms with Gasteiger partial charge in [-0.2, -0.15) is 0 Å². The Hall–Kier alpha value is -1.38. The van der Waals surface area contributed by atoms with E-state index in [0.717, 1.165) is 12.5 Å². The van der Waals surface area contributed by atoms with Crippen LogP contribution >= 0.6 is 0 Å². The second-order valence-electron chi connectivity index (χ2n) is 3.31. The molecular formula is C11H14FNO. The predicted molar refractivity (Wildman–Crippen MR) is 54.4 cm³/mol. The number of rotatable bonds is 4. The molecule has 0 unspecified atom stereocenters. The van der Waals surface area contributed by atoms with Crippen LogP contribution in [0.15, 0.2) is 18.2 Å². The van der Waals surface area contributed by atoms with Crippen LogP contribution in [0.3, 0.4) is 0 Å². The summed E-state index contributed by atoms with van der Waals surface area (Å²) in [6.45, 7) is 1.99. The normalized spacial score (nSPS) is 10.1. The third-order valence-electron chi connectivity index (χ3n) is 1.99. The SMILES string of the molecule is CCCC(=N)Cc1ccc(O)cc1F. The molecule has 1 aromatic rings. The summed E-state index contributed by atoms with van der Waals surface area (Å²) in [5.41, 5.74) is 0.998. The number of phenols is 1. The van der Waals surface area contributed by atoms with Gasteiger partial charge in [-0.05, 0) is 18.1 Å². The smallest absolute Gasteiger partial charge is 0.130 e. The van der Waals surface area contributed by atoms with Crippen molar-refractivity contribution in [1.82, 2.24) is 0 Å². The maximum absolute atomic E-state index is 13.2. The van der Waals surface area contributed by atoms with Gasteiger partial charge in [0.05, 0.1) is 0 Å². The van der Waals surface area contributed by atoms with Crippen LogP contribution in [0.25, 0.3) is 0 Å². The van der Waals surface area contributed by atoms with Crippen molar-refractivity contribution in [1.29, 1.82) is 5.41 Å². The lowest BCUT2D eigenvalue weighted by Crippen LogP contribution is -2.02. The molecule has 0 radical (unpaired) electrons. The fourth-order valence-corrected chi connectivity index (χ4v) is 1.30. The van der Waals surface area contributed by atoms with Crippen LogP contribution in [0.5, 0.6) is 5.75 Å². The zero-order valence-electron chi connectivity index (χ0n) is 8.18. The summed E-state index contributed by atoms with van der Waals surface area (Å²) in [4.78, 5) is 0. The van der Waals surface area contributed by atoms with E-state index in [4.69, 9.17) is 10.5 Å². The molecule has 14 heavy (non-hydrogen) atoms. The van der Waals surface area contributed by atoms with Gasteiger partial charge < -0.3 is 10.5 Å². The minimum absolute atomic E-state index is 0.0757. The van der Waals surface area contributed by atoms with Crippen LogP contribution in [-0.4, -0.2) is 10.8 Å². The van der Waals surface area contributed by atoms with Crippen LogP contribution in [0.4, 0.5) is 4.39 Å². The van der Waals surface area contributed by atoms with Gasteiger partial charge in [-0.25, -0.2) is 4.39 Å². The third kappa shape index (κ3) is 2.83. The highest BCUT2D eigenvalue weighted by atomic mass is 19.1. The number of phenolic OH excluding ortho intramolecular Hbond substituents is 1. The van der Waals surface area contributed by atoms with Crippen LogP contribution in [0, 0.1) is 11.2 Å². The van der Waals surface area contributed by atoms with Crippen molar-refractivity contribution in [2.24, 2.45) is 0 Å². The molecule has 0 heterocycles. The van der Waals surface area contributed by atoms with Crippen LogP contribution < -0.4 is 0 Å². The second kappa shape index (κ2) is 4.74. The highest BCUT2D eigenvalue weighted by Crippen LogP contribution is 2.16. The van der Waals surface area contributed by atoms with Crippen molar-refractivity contribution >= 4 is 5.71 Å². The summed E-state index contributed by atoms with van der Waals surface area (Å²) < 4.78 is 13.2. The summed E-state index contributed by atoms with van der Waals surface area (Å²) in [7, 11) is 0. The molecule has 0 aliphatic rings. The fraction of sp³-hybridized carbons (Fsp3) is 0.364. The van der Waals surface area contributed by atoms with E-state index in [1.807, 2.05) is 6.92 Å². The van der Waals surface area contributed by atoms with Crippen LogP contribution in [-0.2, 0) is 6.42 Å². The summed E-state index contributed by atoms with van der Waals surface area (Å²) in [5.74, 6) is -0.515. The Labute approximate surface area is 82.9 Å². The summed E-state index contributed by atoms with van der Waals surface area (Å²) in [5, 5.41) is 16.5. The maximum Gasteiger partial charge on any atom is 0.130 e. The standard InChI is InChI=1S/C11H14FNO/c1-2-3-9(13)6-8-4-5-10(14)7-11(8)12/h4-5,7,13-14H,2-3,6H2,1H3. The fourth-order valence-electron chi connectivity index (χ4n) is 1.30. The zero-order chi connectivity index (χ0) is 10.6. The van der Waals surface area contributed by atoms with Gasteiger partial charge in [0.25, 0.3) is 0 Å². The predicted octanol–water partition coefficient (Wildman–Crippen LogP) is 2.89. The molecule has 2 N–H and O–H groups in total. The summed E-state index contributed by atoms with van der Waals surface area (Å²) >= 11 is 0. The molecule has 0 aromatic heterocycles. The Balaban J connectivity index is 2.72. The lowest BCUT2D eigenvalue weighted by atomic mass is 10.0. The molecule has 0 saturated carbocycles. The topological polar surface area (TPSA) is 44.1 Å². The van der Waals surface area contributed by atoms with Crippen molar-refractivity contribution in [2.75, 3.05) is 0 Å². The van der Waals surface area contributed by atoms with E-state index in [0.29, 0.717) is 24.1 Å². The van der Waals surface area contributed by atoms with E-state index < -0.39 is 5.82 Å². The largest absolute Gasteiger partial charge is 0.508 e. The molecule has 2 nitrogen and oxygen atoms in total. The van der Waals surface area contributed by atoms with Crippen molar-refractivity contribution in [3.8, 4) is 5.75 Å². The summed E-state index contributed by atoms with van der Waals surface area (Å²) in [6.07, 6.45) is 1.93. The van der Waals surface area contributed by atoms with Crippen molar-refractivity contribution in [2.45, 2.75) is 26.2 Å². The molecule has 76 valence electrons. The molecule has 1 rings (SSSR count). The Morgan fingerprint density at radius 3 is 2.79 bits per heavy atom. The number of hydrogen-bond acceptors (Lipinski definition) is 2. The zero-order valence-corrected chi connectivity index (χ0v) is 8.18. The van der Waals surface area contributed by atoms with E-state index >= 15 is 0 Å². The van der Waals surface area contributed by atoms with Gasteiger partial charge in [0.2, 0.25) is 0 Å². The van der Waals surface area contributed by atoms with E-state index in [9.17, 15) is 4.39 Å². The lowest BCUT2D eigenvalue weighted by Gasteiger charge is -2.04. The quantitative estimate of drug-likeness (QED) is 0.713. The van der Waals surface area contributed by atoms with Crippen molar-refractivity contribution < 1.29 is 9.50 Å². The van der Waals surface area contributed by atoms with Gasteiger partial charge in [0.1, 0.15) is 11.6 Å². The first-order valence-corrected chi connectivity index (χ1v) is 4.67. The number of nitrogens with one attached hydrogen (secondary N) is 1. The first-order valence-electron chi connectivity index (χ1n) is 4.67. The molecule has 0 saturated heterocycles. The molecule has 0 bridgehead atoms. The average molecular weight is 195 g/mol. The highest BCUT2D eigenvalue weighted by molar-refractivity contribution is 5.83. The second-order valence-corrected chi connectivity index (χ2v) is 3.31. The molecule has 0 amide bonds.